The molecule has 0 radical (unpaired) electrons. The molecule has 116 valence electrons. The van der Waals surface area contributed by atoms with Gasteiger partial charge in [-0.3, -0.25) is 9.59 Å². The SMILES string of the molecule is Cc1cc(C(=O)NCc2nc(C3CCNC(=O)C3)no2)no1. The number of aromatic nitrogens is 3. The first-order valence-corrected chi connectivity index (χ1v) is 6.92. The van der Waals surface area contributed by atoms with Crippen LogP contribution in [-0.4, -0.2) is 33.7 Å². The third-order valence-electron chi connectivity index (χ3n) is 3.36. The Hall–Kier alpha value is -2.71. The van der Waals surface area contributed by atoms with Crippen molar-refractivity contribution < 1.29 is 18.6 Å². The molecule has 1 fully saturated rings. The van der Waals surface area contributed by atoms with Gasteiger partial charge >= 0.3 is 0 Å². The largest absolute Gasteiger partial charge is 0.361 e. The molecule has 2 N–H and O–H groups in total. The third kappa shape index (κ3) is 3.13. The highest BCUT2D eigenvalue weighted by atomic mass is 16.5. The van der Waals surface area contributed by atoms with Gasteiger partial charge in [-0.1, -0.05) is 10.3 Å². The minimum absolute atomic E-state index is 0.0164. The lowest BCUT2D eigenvalue weighted by Crippen LogP contribution is -2.32. The minimum atomic E-state index is -0.381. The summed E-state index contributed by atoms with van der Waals surface area (Å²) >= 11 is 0. The Balaban J connectivity index is 1.57. The Morgan fingerprint density at radius 2 is 2.32 bits per heavy atom. The van der Waals surface area contributed by atoms with Crippen LogP contribution in [-0.2, 0) is 11.3 Å². The second-order valence-electron chi connectivity index (χ2n) is 5.09. The summed E-state index contributed by atoms with van der Waals surface area (Å²) in [7, 11) is 0. The van der Waals surface area contributed by atoms with Crippen molar-refractivity contribution in [1.82, 2.24) is 25.9 Å². The highest BCUT2D eigenvalue weighted by Crippen LogP contribution is 2.22. The van der Waals surface area contributed by atoms with Gasteiger partial charge in [-0.2, -0.15) is 4.98 Å². The predicted octanol–water partition coefficient (Wildman–Crippen LogP) is 0.290. The Labute approximate surface area is 125 Å². The van der Waals surface area contributed by atoms with Gasteiger partial charge in [-0.25, -0.2) is 0 Å². The lowest BCUT2D eigenvalue weighted by molar-refractivity contribution is -0.122. The van der Waals surface area contributed by atoms with E-state index in [4.69, 9.17) is 9.05 Å². The van der Waals surface area contributed by atoms with Crippen molar-refractivity contribution in [2.24, 2.45) is 0 Å². The molecule has 9 nitrogen and oxygen atoms in total. The first-order valence-electron chi connectivity index (χ1n) is 6.92. The maximum atomic E-state index is 11.8. The molecule has 1 aliphatic rings. The lowest BCUT2D eigenvalue weighted by atomic mass is 9.97. The van der Waals surface area contributed by atoms with E-state index in [2.05, 4.69) is 25.9 Å². The average molecular weight is 305 g/mol. The van der Waals surface area contributed by atoms with Crippen molar-refractivity contribution >= 4 is 11.8 Å². The van der Waals surface area contributed by atoms with Crippen LogP contribution in [0, 0.1) is 6.92 Å². The number of aryl methyl sites for hydroxylation is 1. The molecule has 1 saturated heterocycles. The van der Waals surface area contributed by atoms with Gasteiger partial charge in [0.1, 0.15) is 5.76 Å². The van der Waals surface area contributed by atoms with Crippen LogP contribution in [0.2, 0.25) is 0 Å². The highest BCUT2D eigenvalue weighted by molar-refractivity contribution is 5.92. The van der Waals surface area contributed by atoms with Crippen molar-refractivity contribution in [2.75, 3.05) is 6.54 Å². The van der Waals surface area contributed by atoms with E-state index in [1.54, 1.807) is 6.92 Å². The first kappa shape index (κ1) is 14.2. The van der Waals surface area contributed by atoms with E-state index in [-0.39, 0.29) is 35.9 Å². The van der Waals surface area contributed by atoms with Crippen LogP contribution in [0.1, 0.15) is 46.7 Å². The van der Waals surface area contributed by atoms with Crippen LogP contribution in [0.5, 0.6) is 0 Å². The molecule has 2 amide bonds. The van der Waals surface area contributed by atoms with Gasteiger partial charge in [0.2, 0.25) is 11.8 Å². The predicted molar refractivity (Wildman–Crippen MR) is 71.7 cm³/mol. The van der Waals surface area contributed by atoms with Crippen molar-refractivity contribution in [3.8, 4) is 0 Å². The number of carbonyl (C=O) groups is 2. The fraction of sp³-hybridized carbons (Fsp3) is 0.462. The zero-order valence-electron chi connectivity index (χ0n) is 12.0. The summed E-state index contributed by atoms with van der Waals surface area (Å²) in [6, 6.07) is 1.54. The molecule has 22 heavy (non-hydrogen) atoms. The Bertz CT molecular complexity index is 692. The van der Waals surface area contributed by atoms with Gasteiger partial charge in [0, 0.05) is 24.9 Å². The molecule has 1 aliphatic heterocycles. The van der Waals surface area contributed by atoms with Gasteiger partial charge in [0.15, 0.2) is 11.5 Å². The van der Waals surface area contributed by atoms with E-state index >= 15 is 0 Å². The van der Waals surface area contributed by atoms with Crippen LogP contribution in [0.3, 0.4) is 0 Å². The topological polar surface area (TPSA) is 123 Å². The van der Waals surface area contributed by atoms with E-state index in [1.807, 2.05) is 0 Å². The average Bonchev–Trinajstić information content (AvgIpc) is 3.14. The van der Waals surface area contributed by atoms with Gasteiger partial charge in [-0.15, -0.1) is 0 Å². The molecule has 0 aromatic carbocycles. The molecule has 0 bridgehead atoms. The maximum absolute atomic E-state index is 11.8. The van der Waals surface area contributed by atoms with Gasteiger partial charge in [0.05, 0.1) is 6.54 Å². The molecule has 0 aliphatic carbocycles. The molecule has 2 aromatic heterocycles. The summed E-state index contributed by atoms with van der Waals surface area (Å²) in [6.45, 7) is 2.40. The normalized spacial score (nSPS) is 18.0. The number of amides is 2. The van der Waals surface area contributed by atoms with E-state index in [1.165, 1.54) is 6.07 Å². The molecule has 9 heteroatoms. The smallest absolute Gasteiger partial charge is 0.273 e. The number of nitrogens with zero attached hydrogens (tertiary/aromatic N) is 3. The van der Waals surface area contributed by atoms with E-state index in [0.29, 0.717) is 24.6 Å². The number of nitrogens with one attached hydrogen (secondary N) is 2. The quantitative estimate of drug-likeness (QED) is 0.832. The molecular formula is C13H15N5O4. The number of piperidine rings is 1. The standard InChI is InChI=1S/C13H15N5O4/c1-7-4-9(17-21-7)13(20)15-6-11-16-12(18-22-11)8-2-3-14-10(19)5-8/h4,8H,2-3,5-6H2,1H3,(H,14,19)(H,15,20). The fourth-order valence-electron chi connectivity index (χ4n) is 2.23. The van der Waals surface area contributed by atoms with Crippen molar-refractivity contribution in [2.45, 2.75) is 32.2 Å². The van der Waals surface area contributed by atoms with Crippen LogP contribution in [0.25, 0.3) is 0 Å². The molecule has 1 atom stereocenters. The summed E-state index contributed by atoms with van der Waals surface area (Å²) in [5.74, 6) is 0.901. The molecule has 0 spiro atoms. The molecular weight excluding hydrogens is 290 g/mol. The van der Waals surface area contributed by atoms with Crippen molar-refractivity contribution in [3.63, 3.8) is 0 Å². The van der Waals surface area contributed by atoms with Crippen LogP contribution in [0.15, 0.2) is 15.1 Å². The van der Waals surface area contributed by atoms with Gasteiger partial charge < -0.3 is 19.7 Å². The Kier molecular flexibility index (Phi) is 3.86. The molecule has 2 aromatic rings. The lowest BCUT2D eigenvalue weighted by Gasteiger charge is -2.18. The summed E-state index contributed by atoms with van der Waals surface area (Å²) in [4.78, 5) is 27.4. The summed E-state index contributed by atoms with van der Waals surface area (Å²) in [6.07, 6.45) is 1.12. The minimum Gasteiger partial charge on any atom is -0.361 e. The van der Waals surface area contributed by atoms with Crippen LogP contribution < -0.4 is 10.6 Å². The highest BCUT2D eigenvalue weighted by Gasteiger charge is 2.25. The number of rotatable bonds is 4. The zero-order chi connectivity index (χ0) is 15.5. The summed E-state index contributed by atoms with van der Waals surface area (Å²) < 4.78 is 9.92. The van der Waals surface area contributed by atoms with Crippen LogP contribution >= 0.6 is 0 Å². The number of hydrogen-bond acceptors (Lipinski definition) is 7. The Morgan fingerprint density at radius 3 is 3.05 bits per heavy atom. The van der Waals surface area contributed by atoms with E-state index in [9.17, 15) is 9.59 Å². The molecule has 3 rings (SSSR count). The summed E-state index contributed by atoms with van der Waals surface area (Å²) in [5.41, 5.74) is 0.196. The second-order valence-corrected chi connectivity index (χ2v) is 5.09. The number of carbonyl (C=O) groups excluding carboxylic acids is 2. The van der Waals surface area contributed by atoms with Crippen molar-refractivity contribution in [3.05, 3.63) is 29.2 Å². The zero-order valence-corrected chi connectivity index (χ0v) is 12.0. The van der Waals surface area contributed by atoms with Crippen LogP contribution in [0.4, 0.5) is 0 Å². The monoisotopic (exact) mass is 305 g/mol. The second kappa shape index (κ2) is 5.96. The Morgan fingerprint density at radius 1 is 1.45 bits per heavy atom. The molecule has 0 saturated carbocycles. The fourth-order valence-corrected chi connectivity index (χ4v) is 2.23. The van der Waals surface area contributed by atoms with Gasteiger partial charge in [-0.05, 0) is 13.3 Å². The summed E-state index contributed by atoms with van der Waals surface area (Å²) in [5, 5.41) is 12.9. The number of hydrogen-bond donors (Lipinski definition) is 2. The molecule has 1 unspecified atom stereocenters. The maximum Gasteiger partial charge on any atom is 0.273 e. The first-order chi connectivity index (χ1) is 10.6. The van der Waals surface area contributed by atoms with E-state index in [0.717, 1.165) is 6.42 Å². The van der Waals surface area contributed by atoms with Gasteiger partial charge in [0.25, 0.3) is 5.91 Å². The van der Waals surface area contributed by atoms with Crippen molar-refractivity contribution in [1.29, 1.82) is 0 Å². The third-order valence-corrected chi connectivity index (χ3v) is 3.36. The molecule has 3 heterocycles. The van der Waals surface area contributed by atoms with E-state index < -0.39 is 0 Å².